The van der Waals surface area contributed by atoms with Gasteiger partial charge >= 0.3 is 17.8 Å². The van der Waals surface area contributed by atoms with Crippen molar-refractivity contribution >= 4 is 17.8 Å². The van der Waals surface area contributed by atoms with Crippen molar-refractivity contribution in [3.63, 3.8) is 0 Å². The van der Waals surface area contributed by atoms with Gasteiger partial charge in [-0.2, -0.15) is 0 Å². The number of nitrogens with zero attached hydrogens (tertiary/aromatic N) is 4. The fraction of sp³-hybridized carbons (Fsp3) is 0.273. The highest BCUT2D eigenvalue weighted by Crippen LogP contribution is 2.38. The van der Waals surface area contributed by atoms with Crippen molar-refractivity contribution in [3.8, 4) is 11.3 Å². The van der Waals surface area contributed by atoms with E-state index < -0.39 is 22.7 Å². The van der Waals surface area contributed by atoms with E-state index in [2.05, 4.69) is 9.97 Å². The molecular weight excluding hydrogens is 416 g/mol. The fourth-order valence-electron chi connectivity index (χ4n) is 3.67. The molecule has 1 aromatic carbocycles. The lowest BCUT2D eigenvalue weighted by atomic mass is 9.95. The molecule has 2 aromatic heterocycles. The van der Waals surface area contributed by atoms with Gasteiger partial charge in [0.25, 0.3) is 0 Å². The van der Waals surface area contributed by atoms with Gasteiger partial charge in [0.15, 0.2) is 5.69 Å². The lowest BCUT2D eigenvalue weighted by molar-refractivity contribution is -0.388. The van der Waals surface area contributed by atoms with Gasteiger partial charge in [0.2, 0.25) is 5.82 Å². The van der Waals surface area contributed by atoms with Crippen molar-refractivity contribution in [1.29, 1.82) is 0 Å². The summed E-state index contributed by atoms with van der Waals surface area (Å²) in [6, 6.07) is 9.27. The van der Waals surface area contributed by atoms with E-state index in [4.69, 9.17) is 9.47 Å². The second-order valence-electron chi connectivity index (χ2n) is 7.05. The number of imidazole rings is 1. The molecule has 0 saturated carbocycles. The number of aryl methyl sites for hydroxylation is 3. The number of carbonyl (C=O) groups is 2. The average Bonchev–Trinajstić information content (AvgIpc) is 3.09. The molecule has 0 amide bonds. The molecular formula is C22H22N4O6. The smallest absolute Gasteiger partial charge is 0.390 e. The number of carbonyl (C=O) groups excluding carboxylic acids is 2. The Morgan fingerprint density at radius 2 is 1.50 bits per heavy atom. The van der Waals surface area contributed by atoms with Crippen LogP contribution in [0.15, 0.2) is 30.3 Å². The number of hydrogen-bond acceptors (Lipinski definition) is 8. The molecule has 0 atom stereocenters. The first-order chi connectivity index (χ1) is 15.2. The lowest BCUT2D eigenvalue weighted by Gasteiger charge is -2.18. The molecule has 0 unspecified atom stereocenters. The molecule has 3 aromatic rings. The summed E-state index contributed by atoms with van der Waals surface area (Å²) in [5.74, 6) is -1.71. The highest BCUT2D eigenvalue weighted by molar-refractivity contribution is 6.07. The number of pyridine rings is 1. The Balaban J connectivity index is 2.49. The Bertz CT molecular complexity index is 1180. The molecule has 166 valence electrons. The predicted octanol–water partition coefficient (Wildman–Crippen LogP) is 3.40. The normalized spacial score (nSPS) is 10.7. The zero-order chi connectivity index (χ0) is 23.6. The Kier molecular flexibility index (Phi) is 6.33. The third-order valence-corrected chi connectivity index (χ3v) is 5.07. The van der Waals surface area contributed by atoms with Gasteiger partial charge in [-0.05, 0) is 29.3 Å². The van der Waals surface area contributed by atoms with Crippen LogP contribution in [-0.2, 0) is 16.0 Å². The van der Waals surface area contributed by atoms with Gasteiger partial charge in [-0.3, -0.25) is 9.55 Å². The zero-order valence-electron chi connectivity index (χ0n) is 18.3. The van der Waals surface area contributed by atoms with Crippen molar-refractivity contribution in [2.75, 3.05) is 14.2 Å². The van der Waals surface area contributed by atoms with Crippen molar-refractivity contribution in [2.24, 2.45) is 0 Å². The summed E-state index contributed by atoms with van der Waals surface area (Å²) >= 11 is 0. The maximum absolute atomic E-state index is 12.7. The molecule has 0 N–H and O–H groups in total. The van der Waals surface area contributed by atoms with Gasteiger partial charge in [-0.15, -0.1) is 0 Å². The minimum absolute atomic E-state index is 0.00533. The number of methoxy groups -OCH3 is 2. The largest absolute Gasteiger partial charge is 0.465 e. The van der Waals surface area contributed by atoms with Gasteiger partial charge in [0, 0.05) is 12.5 Å². The zero-order valence-corrected chi connectivity index (χ0v) is 18.3. The standard InChI is InChI=1S/C22H22N4O6/c1-12-16(21(27)31-4)18(17(13(2)23-12)22(28)32-5)19-20(26(29)30)24-14(3)25(19)11-15-9-7-6-8-10-15/h6-10H,11H2,1-5H3. The van der Waals surface area contributed by atoms with E-state index >= 15 is 0 Å². The molecule has 0 aliphatic heterocycles. The SMILES string of the molecule is COC(=O)c1c(C)nc(C)c(C(=O)OC)c1-c1c([N+](=O)[O-])nc(C)n1Cc1ccccc1. The lowest BCUT2D eigenvalue weighted by Crippen LogP contribution is -2.18. The van der Waals surface area contributed by atoms with Crippen molar-refractivity contribution in [1.82, 2.24) is 14.5 Å². The van der Waals surface area contributed by atoms with Gasteiger partial charge in [-0.1, -0.05) is 30.3 Å². The van der Waals surface area contributed by atoms with Gasteiger partial charge in [0.05, 0.1) is 43.3 Å². The summed E-state index contributed by atoms with van der Waals surface area (Å²) in [5.41, 5.74) is 1.27. The van der Waals surface area contributed by atoms with E-state index in [0.29, 0.717) is 5.82 Å². The van der Waals surface area contributed by atoms with E-state index in [-0.39, 0.29) is 40.3 Å². The van der Waals surface area contributed by atoms with Crippen molar-refractivity contribution in [3.05, 3.63) is 74.3 Å². The molecule has 0 radical (unpaired) electrons. The molecule has 3 rings (SSSR count). The molecule has 0 aliphatic rings. The summed E-state index contributed by atoms with van der Waals surface area (Å²) in [7, 11) is 2.37. The number of nitro groups is 1. The number of ether oxygens (including phenoxy) is 2. The van der Waals surface area contributed by atoms with Gasteiger partial charge in [0.1, 0.15) is 0 Å². The maximum atomic E-state index is 12.7. The molecule has 0 spiro atoms. The van der Waals surface area contributed by atoms with Crippen LogP contribution in [0.25, 0.3) is 11.3 Å². The number of hydrogen-bond donors (Lipinski definition) is 0. The summed E-state index contributed by atoms with van der Waals surface area (Å²) < 4.78 is 11.4. The van der Waals surface area contributed by atoms with E-state index in [1.54, 1.807) is 25.3 Å². The predicted molar refractivity (Wildman–Crippen MR) is 115 cm³/mol. The topological polar surface area (TPSA) is 126 Å². The number of benzene rings is 1. The van der Waals surface area contributed by atoms with E-state index in [0.717, 1.165) is 5.56 Å². The Hall–Kier alpha value is -4.08. The van der Waals surface area contributed by atoms with E-state index in [1.165, 1.54) is 14.2 Å². The molecule has 0 aliphatic carbocycles. The van der Waals surface area contributed by atoms with Crippen molar-refractivity contribution < 1.29 is 24.0 Å². The van der Waals surface area contributed by atoms with Crippen LogP contribution in [0.1, 0.15) is 43.5 Å². The quantitative estimate of drug-likeness (QED) is 0.326. The molecule has 10 nitrogen and oxygen atoms in total. The van der Waals surface area contributed by atoms with Crippen LogP contribution in [0.2, 0.25) is 0 Å². The average molecular weight is 438 g/mol. The monoisotopic (exact) mass is 438 g/mol. The first-order valence-corrected chi connectivity index (χ1v) is 9.64. The van der Waals surface area contributed by atoms with Crippen LogP contribution in [0.3, 0.4) is 0 Å². The van der Waals surface area contributed by atoms with E-state index in [9.17, 15) is 19.7 Å². The van der Waals surface area contributed by atoms with Crippen LogP contribution in [0, 0.1) is 30.9 Å². The Morgan fingerprint density at radius 3 is 1.97 bits per heavy atom. The number of esters is 2. The molecule has 0 saturated heterocycles. The second kappa shape index (κ2) is 8.96. The molecule has 32 heavy (non-hydrogen) atoms. The minimum Gasteiger partial charge on any atom is -0.465 e. The van der Waals surface area contributed by atoms with Crippen LogP contribution >= 0.6 is 0 Å². The molecule has 10 heteroatoms. The van der Waals surface area contributed by atoms with Crippen LogP contribution < -0.4 is 0 Å². The van der Waals surface area contributed by atoms with Gasteiger partial charge < -0.3 is 19.6 Å². The summed E-state index contributed by atoms with van der Waals surface area (Å²) in [5, 5.41) is 12.0. The third-order valence-electron chi connectivity index (χ3n) is 5.07. The first kappa shape index (κ1) is 22.6. The summed E-state index contributed by atoms with van der Waals surface area (Å²) in [6.45, 7) is 4.99. The third kappa shape index (κ3) is 3.94. The van der Waals surface area contributed by atoms with Crippen LogP contribution in [-0.4, -0.2) is 45.6 Å². The maximum Gasteiger partial charge on any atom is 0.390 e. The second-order valence-corrected chi connectivity index (χ2v) is 7.05. The number of rotatable bonds is 6. The molecule has 2 heterocycles. The minimum atomic E-state index is -0.783. The Morgan fingerprint density at radius 1 is 0.969 bits per heavy atom. The van der Waals surface area contributed by atoms with Gasteiger partial charge in [-0.25, -0.2) is 9.59 Å². The summed E-state index contributed by atoms with van der Waals surface area (Å²) in [4.78, 5) is 45.2. The summed E-state index contributed by atoms with van der Waals surface area (Å²) in [6.07, 6.45) is 0. The van der Waals surface area contributed by atoms with Crippen LogP contribution in [0.4, 0.5) is 5.82 Å². The fourth-order valence-corrected chi connectivity index (χ4v) is 3.67. The Labute approximate surface area is 184 Å². The van der Waals surface area contributed by atoms with Crippen molar-refractivity contribution in [2.45, 2.75) is 27.3 Å². The molecule has 0 fully saturated rings. The highest BCUT2D eigenvalue weighted by atomic mass is 16.6. The first-order valence-electron chi connectivity index (χ1n) is 9.64. The highest BCUT2D eigenvalue weighted by Gasteiger charge is 2.36. The number of aromatic nitrogens is 3. The molecule has 0 bridgehead atoms. The van der Waals surface area contributed by atoms with E-state index in [1.807, 2.05) is 30.3 Å². The van der Waals surface area contributed by atoms with Crippen LogP contribution in [0.5, 0.6) is 0 Å².